The highest BCUT2D eigenvalue weighted by atomic mass is 19.4. The second-order valence-electron chi connectivity index (χ2n) is 9.22. The number of nitrogen functional groups attached to an aromatic ring is 1. The van der Waals surface area contributed by atoms with Gasteiger partial charge in [0.2, 0.25) is 0 Å². The smallest absolute Gasteiger partial charge is 0.434 e. The number of alkyl halides is 3. The van der Waals surface area contributed by atoms with Crippen LogP contribution in [0.25, 0.3) is 5.82 Å². The number of carbonyl (C=O) groups excluding carboxylic acids is 1. The van der Waals surface area contributed by atoms with Crippen molar-refractivity contribution >= 4 is 17.4 Å². The summed E-state index contributed by atoms with van der Waals surface area (Å²) < 4.78 is 76.8. The summed E-state index contributed by atoms with van der Waals surface area (Å²) in [6.45, 7) is 3.90. The number of halogens is 5. The number of amides is 1. The minimum Gasteiger partial charge on any atom is -0.453 e. The molecule has 0 saturated carbocycles. The van der Waals surface area contributed by atoms with Crippen molar-refractivity contribution < 1.29 is 31.5 Å². The Balaban J connectivity index is 1.34. The van der Waals surface area contributed by atoms with E-state index in [1.165, 1.54) is 30.5 Å². The molecule has 0 radical (unpaired) electrons. The Kier molecular flexibility index (Phi) is 8.51. The highest BCUT2D eigenvalue weighted by Crippen LogP contribution is 2.35. The molecule has 3 aromatic heterocycles. The number of anilines is 2. The van der Waals surface area contributed by atoms with Crippen LogP contribution >= 0.6 is 0 Å². The molecule has 5 rings (SSSR count). The quantitative estimate of drug-likeness (QED) is 0.226. The number of benzene rings is 1. The van der Waals surface area contributed by atoms with Crippen LogP contribution < -0.4 is 21.1 Å². The van der Waals surface area contributed by atoms with E-state index in [0.29, 0.717) is 12.7 Å². The van der Waals surface area contributed by atoms with Gasteiger partial charge in [-0.15, -0.1) is 0 Å². The lowest BCUT2D eigenvalue weighted by atomic mass is 10.2. The first-order valence-corrected chi connectivity index (χ1v) is 12.8. The van der Waals surface area contributed by atoms with E-state index in [-0.39, 0.29) is 33.2 Å². The first kappa shape index (κ1) is 29.4. The van der Waals surface area contributed by atoms with Gasteiger partial charge in [-0.25, -0.2) is 23.4 Å². The molecule has 0 spiro atoms. The lowest BCUT2D eigenvalue weighted by Gasteiger charge is -2.24. The van der Waals surface area contributed by atoms with Gasteiger partial charge in [-0.1, -0.05) is 11.8 Å². The lowest BCUT2D eigenvalue weighted by Crippen LogP contribution is -2.43. The monoisotopic (exact) mass is 598 g/mol. The number of hydrogen-bond donors (Lipinski definition) is 3. The number of pyridine rings is 2. The summed E-state index contributed by atoms with van der Waals surface area (Å²) in [7, 11) is 0. The van der Waals surface area contributed by atoms with Crippen LogP contribution in [0.15, 0.2) is 55.0 Å². The zero-order chi connectivity index (χ0) is 30.6. The van der Waals surface area contributed by atoms with Gasteiger partial charge in [-0.3, -0.25) is 9.69 Å². The van der Waals surface area contributed by atoms with Crippen LogP contribution in [0.3, 0.4) is 0 Å². The number of rotatable bonds is 6. The third kappa shape index (κ3) is 6.71. The average Bonchev–Trinajstić information content (AvgIpc) is 3.43. The number of piperazine rings is 1. The first-order valence-electron chi connectivity index (χ1n) is 12.8. The van der Waals surface area contributed by atoms with Gasteiger partial charge in [0.1, 0.15) is 17.1 Å². The molecule has 1 saturated heterocycles. The van der Waals surface area contributed by atoms with Gasteiger partial charge in [-0.2, -0.15) is 18.3 Å². The van der Waals surface area contributed by atoms with E-state index < -0.39 is 40.8 Å². The summed E-state index contributed by atoms with van der Waals surface area (Å²) in [6, 6.07) is 6.82. The van der Waals surface area contributed by atoms with Crippen molar-refractivity contribution in [3.63, 3.8) is 0 Å². The second-order valence-corrected chi connectivity index (χ2v) is 9.22. The molecule has 4 heterocycles. The number of hydrogen-bond acceptors (Lipinski definition) is 8. The van der Waals surface area contributed by atoms with Crippen molar-refractivity contribution in [3.05, 3.63) is 83.4 Å². The zero-order valence-corrected chi connectivity index (χ0v) is 22.3. The number of nitrogens with one attached hydrogen (secondary N) is 2. The molecule has 43 heavy (non-hydrogen) atoms. The fourth-order valence-corrected chi connectivity index (χ4v) is 4.24. The molecule has 0 unspecified atom stereocenters. The maximum absolute atomic E-state index is 15.0. The van der Waals surface area contributed by atoms with Crippen LogP contribution in [0.1, 0.15) is 21.6 Å². The summed E-state index contributed by atoms with van der Waals surface area (Å²) in [5.74, 6) is 1.90. The van der Waals surface area contributed by atoms with Gasteiger partial charge in [0.25, 0.3) is 5.91 Å². The van der Waals surface area contributed by atoms with Gasteiger partial charge in [0.15, 0.2) is 28.9 Å². The number of aromatic nitrogens is 4. The van der Waals surface area contributed by atoms with Gasteiger partial charge < -0.3 is 21.1 Å². The maximum atomic E-state index is 15.0. The van der Waals surface area contributed by atoms with Crippen LogP contribution in [0, 0.1) is 23.5 Å². The van der Waals surface area contributed by atoms with E-state index in [1.54, 1.807) is 0 Å². The molecule has 1 aliphatic heterocycles. The average molecular weight is 599 g/mol. The molecule has 222 valence electrons. The Morgan fingerprint density at radius 1 is 1.07 bits per heavy atom. The van der Waals surface area contributed by atoms with Crippen molar-refractivity contribution in [1.82, 2.24) is 30.0 Å². The second kappa shape index (κ2) is 12.4. The van der Waals surface area contributed by atoms with E-state index >= 15 is 4.39 Å². The molecular formula is C28H23F5N8O2. The van der Waals surface area contributed by atoms with Gasteiger partial charge in [0, 0.05) is 56.4 Å². The molecule has 0 bridgehead atoms. The molecule has 1 fully saturated rings. The molecule has 10 nitrogen and oxygen atoms in total. The predicted octanol–water partition coefficient (Wildman–Crippen LogP) is 3.84. The molecule has 15 heteroatoms. The van der Waals surface area contributed by atoms with E-state index in [4.69, 9.17) is 10.5 Å². The predicted molar refractivity (Wildman–Crippen MR) is 146 cm³/mol. The Labute approximate surface area is 241 Å². The highest BCUT2D eigenvalue weighted by Gasteiger charge is 2.41. The van der Waals surface area contributed by atoms with Gasteiger partial charge in [0.05, 0.1) is 18.3 Å². The standard InChI is InChI=1S/C28H23F5N8O2/c29-20-4-1-8-37-26(20)41-24(28(31,32)33)19(16-38-41)27(42)39-17-5-6-23(21(30)15-17)43-22-7-9-36-25(34)18(22)3-2-12-40-13-10-35-11-14-40/h1,4-9,15-16,35H,10-14H2,(H2,34,36)(H,39,42). The zero-order valence-electron chi connectivity index (χ0n) is 22.3. The van der Waals surface area contributed by atoms with Crippen LogP contribution in [0.5, 0.6) is 11.5 Å². The summed E-state index contributed by atoms with van der Waals surface area (Å²) >= 11 is 0. The third-order valence-corrected chi connectivity index (χ3v) is 6.30. The van der Waals surface area contributed by atoms with E-state index in [2.05, 4.69) is 42.4 Å². The normalized spacial score (nSPS) is 13.7. The SMILES string of the molecule is Nc1nccc(Oc2ccc(NC(=O)c3cnn(-c4ncccc4F)c3C(F)(F)F)cc2F)c1C#CCN1CCNCC1. The minimum absolute atomic E-state index is 0.0844. The molecular weight excluding hydrogens is 575 g/mol. The van der Waals surface area contributed by atoms with Crippen LogP contribution in [-0.4, -0.2) is 63.3 Å². The molecule has 1 amide bonds. The van der Waals surface area contributed by atoms with E-state index in [9.17, 15) is 22.4 Å². The Morgan fingerprint density at radius 3 is 2.58 bits per heavy atom. The van der Waals surface area contributed by atoms with E-state index in [1.807, 2.05) is 0 Å². The van der Waals surface area contributed by atoms with Crippen molar-refractivity contribution in [2.75, 3.05) is 43.8 Å². The Hall–Kier alpha value is -5.07. The number of carbonyl (C=O) groups is 1. The van der Waals surface area contributed by atoms with E-state index in [0.717, 1.165) is 44.5 Å². The fraction of sp³-hybridized carbons (Fsp3) is 0.214. The lowest BCUT2D eigenvalue weighted by molar-refractivity contribution is -0.143. The Morgan fingerprint density at radius 2 is 1.86 bits per heavy atom. The molecule has 0 atom stereocenters. The molecule has 4 N–H and O–H groups in total. The van der Waals surface area contributed by atoms with Gasteiger partial charge in [-0.05, 0) is 24.3 Å². The highest BCUT2D eigenvalue weighted by molar-refractivity contribution is 6.05. The molecule has 0 aliphatic carbocycles. The number of nitrogens with zero attached hydrogens (tertiary/aromatic N) is 5. The summed E-state index contributed by atoms with van der Waals surface area (Å²) in [6.07, 6.45) is -2.03. The van der Waals surface area contributed by atoms with Crippen molar-refractivity contribution in [2.45, 2.75) is 6.18 Å². The molecule has 4 aromatic rings. The topological polar surface area (TPSA) is 123 Å². The van der Waals surface area contributed by atoms with Crippen molar-refractivity contribution in [2.24, 2.45) is 0 Å². The van der Waals surface area contributed by atoms with Gasteiger partial charge >= 0.3 is 6.18 Å². The summed E-state index contributed by atoms with van der Waals surface area (Å²) in [5.41, 5.74) is 3.60. The third-order valence-electron chi connectivity index (χ3n) is 6.30. The van der Waals surface area contributed by atoms with Crippen molar-refractivity contribution in [3.8, 4) is 29.2 Å². The maximum Gasteiger partial charge on any atom is 0.434 e. The fourth-order valence-electron chi connectivity index (χ4n) is 4.24. The minimum atomic E-state index is -5.10. The summed E-state index contributed by atoms with van der Waals surface area (Å²) in [4.78, 5) is 22.6. The summed E-state index contributed by atoms with van der Waals surface area (Å²) in [5, 5.41) is 8.97. The van der Waals surface area contributed by atoms with Crippen molar-refractivity contribution in [1.29, 1.82) is 0 Å². The molecule has 1 aliphatic rings. The number of nitrogens with two attached hydrogens (primary N) is 1. The number of ether oxygens (including phenoxy) is 1. The molecule has 1 aromatic carbocycles. The largest absolute Gasteiger partial charge is 0.453 e. The van der Waals surface area contributed by atoms with Crippen LogP contribution in [-0.2, 0) is 6.18 Å². The van der Waals surface area contributed by atoms with Crippen LogP contribution in [0.2, 0.25) is 0 Å². The Bertz CT molecular complexity index is 1710. The van der Waals surface area contributed by atoms with Crippen LogP contribution in [0.4, 0.5) is 33.5 Å². The first-order chi connectivity index (χ1) is 20.6.